The van der Waals surface area contributed by atoms with Gasteiger partial charge in [0.25, 0.3) is 0 Å². The van der Waals surface area contributed by atoms with Gasteiger partial charge in [0.1, 0.15) is 0 Å². The average Bonchev–Trinajstić information content (AvgIpc) is 2.91. The van der Waals surface area contributed by atoms with E-state index in [2.05, 4.69) is 10.4 Å². The molecule has 0 aliphatic carbocycles. The van der Waals surface area contributed by atoms with Gasteiger partial charge in [0, 0.05) is 22.5 Å². The zero-order valence-electron chi connectivity index (χ0n) is 15.1. The third-order valence-corrected chi connectivity index (χ3v) is 4.33. The van der Waals surface area contributed by atoms with Gasteiger partial charge in [0.05, 0.1) is 17.8 Å². The molecular weight excluding hydrogens is 326 g/mol. The molecule has 3 rings (SSSR count). The number of Topliss-reactive ketones (excluding diaryl/α,β-unsaturated/α-hetero) is 1. The molecular formula is C21H21N3O2. The number of aromatic nitrogens is 2. The molecule has 0 bridgehead atoms. The van der Waals surface area contributed by atoms with Crippen molar-refractivity contribution in [2.75, 3.05) is 5.32 Å². The molecule has 5 heteroatoms. The molecule has 132 valence electrons. The number of carbonyl (C=O) groups is 2. The Morgan fingerprint density at radius 3 is 2.46 bits per heavy atom. The first-order valence-corrected chi connectivity index (χ1v) is 8.47. The van der Waals surface area contributed by atoms with E-state index in [1.165, 1.54) is 6.92 Å². The van der Waals surface area contributed by atoms with E-state index in [1.54, 1.807) is 24.3 Å². The summed E-state index contributed by atoms with van der Waals surface area (Å²) in [5, 5.41) is 7.43. The highest BCUT2D eigenvalue weighted by Gasteiger charge is 2.16. The maximum absolute atomic E-state index is 12.5. The SMILES string of the molecule is CC(=O)c1cccc(NC(=O)Cc2c(C)nn(-c3ccccc3)c2C)c1. The van der Waals surface area contributed by atoms with Crippen LogP contribution in [0.3, 0.4) is 0 Å². The smallest absolute Gasteiger partial charge is 0.228 e. The number of para-hydroxylation sites is 1. The van der Waals surface area contributed by atoms with Gasteiger partial charge >= 0.3 is 0 Å². The first kappa shape index (κ1) is 17.6. The van der Waals surface area contributed by atoms with Crippen molar-refractivity contribution in [3.8, 4) is 5.69 Å². The van der Waals surface area contributed by atoms with Gasteiger partial charge in [-0.3, -0.25) is 9.59 Å². The van der Waals surface area contributed by atoms with Crippen molar-refractivity contribution >= 4 is 17.4 Å². The fraction of sp³-hybridized carbons (Fsp3) is 0.190. The normalized spacial score (nSPS) is 10.6. The number of nitrogens with zero attached hydrogens (tertiary/aromatic N) is 2. The van der Waals surface area contributed by atoms with Crippen LogP contribution in [0.25, 0.3) is 5.69 Å². The Labute approximate surface area is 152 Å². The highest BCUT2D eigenvalue weighted by atomic mass is 16.1. The minimum atomic E-state index is -0.135. The van der Waals surface area contributed by atoms with Gasteiger partial charge in [-0.1, -0.05) is 30.3 Å². The topological polar surface area (TPSA) is 64.0 Å². The third-order valence-electron chi connectivity index (χ3n) is 4.33. The average molecular weight is 347 g/mol. The summed E-state index contributed by atoms with van der Waals surface area (Å²) in [6.45, 7) is 5.38. The number of carbonyl (C=O) groups excluding carboxylic acids is 2. The quantitative estimate of drug-likeness (QED) is 0.713. The maximum Gasteiger partial charge on any atom is 0.228 e. The summed E-state index contributed by atoms with van der Waals surface area (Å²) in [4.78, 5) is 24.0. The molecule has 0 aliphatic heterocycles. The van der Waals surface area contributed by atoms with Crippen LogP contribution in [0.15, 0.2) is 54.6 Å². The van der Waals surface area contributed by atoms with Gasteiger partial charge in [-0.25, -0.2) is 4.68 Å². The standard InChI is InChI=1S/C21H21N3O2/c1-14-20(15(2)24(23-14)19-10-5-4-6-11-19)13-21(26)22-18-9-7-8-17(12-18)16(3)25/h4-12H,13H2,1-3H3,(H,22,26). The second kappa shape index (κ2) is 7.35. The van der Waals surface area contributed by atoms with Crippen LogP contribution in [0, 0.1) is 13.8 Å². The van der Waals surface area contributed by atoms with Crippen molar-refractivity contribution in [1.82, 2.24) is 9.78 Å². The Morgan fingerprint density at radius 1 is 1.04 bits per heavy atom. The highest BCUT2D eigenvalue weighted by Crippen LogP contribution is 2.19. The minimum Gasteiger partial charge on any atom is -0.326 e. The van der Waals surface area contributed by atoms with E-state index in [0.717, 1.165) is 22.6 Å². The molecule has 0 fully saturated rings. The summed E-state index contributed by atoms with van der Waals surface area (Å²) in [7, 11) is 0. The van der Waals surface area contributed by atoms with Gasteiger partial charge in [0.2, 0.25) is 5.91 Å². The van der Waals surface area contributed by atoms with Gasteiger partial charge in [-0.05, 0) is 45.0 Å². The van der Waals surface area contributed by atoms with E-state index in [-0.39, 0.29) is 18.1 Å². The van der Waals surface area contributed by atoms with Crippen LogP contribution in [-0.4, -0.2) is 21.5 Å². The summed E-state index contributed by atoms with van der Waals surface area (Å²) >= 11 is 0. The number of benzene rings is 2. The van der Waals surface area contributed by atoms with Crippen molar-refractivity contribution in [2.24, 2.45) is 0 Å². The predicted octanol–water partition coefficient (Wildman–Crippen LogP) is 3.87. The number of hydrogen-bond acceptors (Lipinski definition) is 3. The van der Waals surface area contributed by atoms with E-state index in [4.69, 9.17) is 0 Å². The molecule has 0 radical (unpaired) electrons. The molecule has 0 saturated carbocycles. The zero-order valence-corrected chi connectivity index (χ0v) is 15.1. The molecule has 1 heterocycles. The molecule has 1 aromatic heterocycles. The molecule has 2 aromatic carbocycles. The first-order chi connectivity index (χ1) is 12.5. The molecule has 5 nitrogen and oxygen atoms in total. The summed E-state index contributed by atoms with van der Waals surface area (Å²) in [6, 6.07) is 16.8. The molecule has 0 spiro atoms. The van der Waals surface area contributed by atoms with Crippen LogP contribution in [0.5, 0.6) is 0 Å². The molecule has 0 unspecified atom stereocenters. The number of aryl methyl sites for hydroxylation is 1. The van der Waals surface area contributed by atoms with E-state index in [9.17, 15) is 9.59 Å². The first-order valence-electron chi connectivity index (χ1n) is 8.47. The molecule has 3 aromatic rings. The van der Waals surface area contributed by atoms with Gasteiger partial charge in [-0.15, -0.1) is 0 Å². The maximum atomic E-state index is 12.5. The van der Waals surface area contributed by atoms with Crippen molar-refractivity contribution < 1.29 is 9.59 Å². The Bertz CT molecular complexity index is 959. The Hall–Kier alpha value is -3.21. The van der Waals surface area contributed by atoms with Crippen LogP contribution >= 0.6 is 0 Å². The Kier molecular flexibility index (Phi) is 4.98. The fourth-order valence-corrected chi connectivity index (χ4v) is 2.93. The molecule has 1 amide bonds. The lowest BCUT2D eigenvalue weighted by Crippen LogP contribution is -2.15. The molecule has 0 atom stereocenters. The highest BCUT2D eigenvalue weighted by molar-refractivity contribution is 5.97. The third kappa shape index (κ3) is 3.72. The van der Waals surface area contributed by atoms with Crippen molar-refractivity contribution in [3.05, 3.63) is 77.1 Å². The van der Waals surface area contributed by atoms with Crippen LogP contribution in [0.4, 0.5) is 5.69 Å². The van der Waals surface area contributed by atoms with Crippen molar-refractivity contribution in [2.45, 2.75) is 27.2 Å². The van der Waals surface area contributed by atoms with E-state index in [0.29, 0.717) is 11.3 Å². The monoisotopic (exact) mass is 347 g/mol. The molecule has 0 aliphatic rings. The number of hydrogen-bond donors (Lipinski definition) is 1. The van der Waals surface area contributed by atoms with Crippen molar-refractivity contribution in [3.63, 3.8) is 0 Å². The lowest BCUT2D eigenvalue weighted by Gasteiger charge is -2.08. The van der Waals surface area contributed by atoms with E-state index < -0.39 is 0 Å². The Balaban J connectivity index is 1.79. The van der Waals surface area contributed by atoms with Gasteiger partial charge < -0.3 is 5.32 Å². The predicted molar refractivity (Wildman–Crippen MR) is 102 cm³/mol. The molecule has 1 N–H and O–H groups in total. The molecule has 0 saturated heterocycles. The second-order valence-electron chi connectivity index (χ2n) is 6.26. The fourth-order valence-electron chi connectivity index (χ4n) is 2.93. The minimum absolute atomic E-state index is 0.0306. The van der Waals surface area contributed by atoms with Crippen LogP contribution in [0.1, 0.15) is 34.2 Å². The van der Waals surface area contributed by atoms with Crippen molar-refractivity contribution in [1.29, 1.82) is 0 Å². The van der Waals surface area contributed by atoms with Crippen LogP contribution in [-0.2, 0) is 11.2 Å². The number of nitrogens with one attached hydrogen (secondary N) is 1. The second-order valence-corrected chi connectivity index (χ2v) is 6.26. The summed E-state index contributed by atoms with van der Waals surface area (Å²) < 4.78 is 1.86. The Morgan fingerprint density at radius 2 is 1.77 bits per heavy atom. The van der Waals surface area contributed by atoms with Crippen LogP contribution in [0.2, 0.25) is 0 Å². The van der Waals surface area contributed by atoms with Gasteiger partial charge in [0.15, 0.2) is 5.78 Å². The number of rotatable bonds is 5. The lowest BCUT2D eigenvalue weighted by atomic mass is 10.1. The van der Waals surface area contributed by atoms with Gasteiger partial charge in [-0.2, -0.15) is 5.10 Å². The number of amides is 1. The summed E-state index contributed by atoms with van der Waals surface area (Å²) in [5.41, 5.74) is 4.85. The number of anilines is 1. The summed E-state index contributed by atoms with van der Waals surface area (Å²) in [5.74, 6) is -0.165. The van der Waals surface area contributed by atoms with E-state index in [1.807, 2.05) is 48.9 Å². The zero-order chi connectivity index (χ0) is 18.7. The number of ketones is 1. The van der Waals surface area contributed by atoms with Crippen LogP contribution < -0.4 is 5.32 Å². The molecule has 26 heavy (non-hydrogen) atoms. The lowest BCUT2D eigenvalue weighted by molar-refractivity contribution is -0.115. The van der Waals surface area contributed by atoms with E-state index >= 15 is 0 Å². The summed E-state index contributed by atoms with van der Waals surface area (Å²) in [6.07, 6.45) is 0.231. The largest absolute Gasteiger partial charge is 0.326 e.